The molecule has 0 atom stereocenters. The largest absolute Gasteiger partial charge is 0.514 e. The molecule has 0 amide bonds. The molecule has 164 valence electrons. The van der Waals surface area contributed by atoms with Gasteiger partial charge >= 0.3 is 14.2 Å². The first-order valence-electron chi connectivity index (χ1n) is 10.6. The molecule has 0 saturated carbocycles. The maximum absolute atomic E-state index is 5.92. The number of hydrogen-bond acceptors (Lipinski definition) is 7. The van der Waals surface area contributed by atoms with Crippen LogP contribution in [-0.4, -0.2) is 61.0 Å². The van der Waals surface area contributed by atoms with Crippen LogP contribution in [-0.2, 0) is 18.6 Å². The summed E-state index contributed by atoms with van der Waals surface area (Å²) in [6.45, 7) is 19.7. The molecule has 0 aromatic carbocycles. The Bertz CT molecular complexity index is 796. The maximum atomic E-state index is 5.92. The van der Waals surface area contributed by atoms with E-state index in [1.807, 2.05) is 33.8 Å². The number of hydrogen-bond donors (Lipinski definition) is 1. The van der Waals surface area contributed by atoms with Crippen molar-refractivity contribution in [3.63, 3.8) is 0 Å². The smallest absolute Gasteiger partial charge is 0.400 e. The van der Waals surface area contributed by atoms with Gasteiger partial charge in [0.25, 0.3) is 0 Å². The molecule has 4 heterocycles. The Morgan fingerprint density at radius 1 is 0.800 bits per heavy atom. The molecule has 0 unspecified atom stereocenters. The van der Waals surface area contributed by atoms with E-state index in [2.05, 4.69) is 50.7 Å². The second-order valence-corrected chi connectivity index (χ2v) is 10.2. The minimum atomic E-state index is -0.379. The van der Waals surface area contributed by atoms with Crippen molar-refractivity contribution in [1.29, 1.82) is 0 Å². The highest BCUT2D eigenvalue weighted by molar-refractivity contribution is 6.86. The molecule has 0 aromatic rings. The van der Waals surface area contributed by atoms with Gasteiger partial charge in [-0.1, -0.05) is 6.08 Å². The molecule has 2 fully saturated rings. The van der Waals surface area contributed by atoms with E-state index in [1.165, 1.54) is 5.57 Å². The molecular formula is C21H35B2N3O4. The summed E-state index contributed by atoms with van der Waals surface area (Å²) in [5.41, 5.74) is 8.17. The van der Waals surface area contributed by atoms with Crippen LogP contribution < -0.4 is 5.73 Å². The van der Waals surface area contributed by atoms with Crippen molar-refractivity contribution in [3.05, 3.63) is 23.4 Å². The Kier molecular flexibility index (Phi) is 5.91. The van der Waals surface area contributed by atoms with Crippen molar-refractivity contribution in [2.75, 3.05) is 13.1 Å². The lowest BCUT2D eigenvalue weighted by Gasteiger charge is -2.32. The summed E-state index contributed by atoms with van der Waals surface area (Å²) < 4.78 is 23.5. The highest BCUT2D eigenvalue weighted by atomic mass is 16.7. The third-order valence-electron chi connectivity index (χ3n) is 6.81. The number of allylic oxidation sites excluding steroid dienone is 2. The highest BCUT2D eigenvalue weighted by Crippen LogP contribution is 2.38. The fourth-order valence-corrected chi connectivity index (χ4v) is 3.30. The molecular weight excluding hydrogens is 380 g/mol. The van der Waals surface area contributed by atoms with Crippen LogP contribution in [0.4, 0.5) is 0 Å². The molecule has 0 bridgehead atoms. The van der Waals surface area contributed by atoms with Gasteiger partial charge < -0.3 is 24.4 Å². The molecule has 7 nitrogen and oxygen atoms in total. The van der Waals surface area contributed by atoms with Crippen molar-refractivity contribution in [1.82, 2.24) is 0 Å². The standard InChI is InChI=1S/C11H18BNO2.C10H17BN2O2/c1-8-6-7-13-9(8)12-14-10(2,3)11(4,5)15-12;1-9(2)10(3,4)15-11(14-9)8-5-7(12)6-13-8/h6H,7H2,1-5H3;5H,6,12H2,1-4H3. The van der Waals surface area contributed by atoms with Crippen LogP contribution in [0.1, 0.15) is 62.3 Å². The van der Waals surface area contributed by atoms with E-state index in [9.17, 15) is 0 Å². The van der Waals surface area contributed by atoms with Crippen molar-refractivity contribution in [2.45, 2.75) is 84.7 Å². The Morgan fingerprint density at radius 2 is 1.27 bits per heavy atom. The van der Waals surface area contributed by atoms with Crippen molar-refractivity contribution < 1.29 is 18.6 Å². The van der Waals surface area contributed by atoms with E-state index in [0.717, 1.165) is 23.5 Å². The first-order valence-corrected chi connectivity index (χ1v) is 10.6. The number of nitrogens with two attached hydrogens (primary N) is 1. The fourth-order valence-electron chi connectivity index (χ4n) is 3.30. The Morgan fingerprint density at radius 3 is 1.63 bits per heavy atom. The van der Waals surface area contributed by atoms with Crippen molar-refractivity contribution in [3.8, 4) is 0 Å². The topological polar surface area (TPSA) is 87.7 Å². The van der Waals surface area contributed by atoms with Crippen LogP contribution in [0.15, 0.2) is 33.4 Å². The molecule has 4 aliphatic heterocycles. The van der Waals surface area contributed by atoms with Gasteiger partial charge in [0.05, 0.1) is 46.7 Å². The van der Waals surface area contributed by atoms with Crippen molar-refractivity contribution >= 4 is 25.5 Å². The molecule has 9 heteroatoms. The van der Waals surface area contributed by atoms with Crippen LogP contribution >= 0.6 is 0 Å². The second kappa shape index (κ2) is 7.62. The summed E-state index contributed by atoms with van der Waals surface area (Å²) in [4.78, 5) is 8.68. The van der Waals surface area contributed by atoms with Gasteiger partial charge in [0.2, 0.25) is 0 Å². The van der Waals surface area contributed by atoms with Gasteiger partial charge in [0, 0.05) is 5.70 Å². The maximum Gasteiger partial charge on any atom is 0.514 e. The zero-order valence-electron chi connectivity index (χ0n) is 19.8. The molecule has 0 spiro atoms. The Balaban J connectivity index is 0.000000171. The van der Waals surface area contributed by atoms with E-state index in [1.54, 1.807) is 0 Å². The summed E-state index contributed by atoms with van der Waals surface area (Å²) in [5, 5.41) is 0. The van der Waals surface area contributed by atoms with Gasteiger partial charge in [-0.15, -0.1) is 0 Å². The van der Waals surface area contributed by atoms with Crippen molar-refractivity contribution in [2.24, 2.45) is 15.7 Å². The Labute approximate surface area is 181 Å². The lowest BCUT2D eigenvalue weighted by Crippen LogP contribution is -2.41. The third-order valence-corrected chi connectivity index (χ3v) is 6.81. The quantitative estimate of drug-likeness (QED) is 0.701. The van der Waals surface area contributed by atoms with E-state index < -0.39 is 0 Å². The summed E-state index contributed by atoms with van der Waals surface area (Å²) in [7, 11) is -0.676. The van der Waals surface area contributed by atoms with Gasteiger partial charge in [-0.3, -0.25) is 9.98 Å². The molecule has 2 N–H and O–H groups in total. The molecule has 30 heavy (non-hydrogen) atoms. The Hall–Kier alpha value is -1.41. The molecule has 2 saturated heterocycles. The van der Waals surface area contributed by atoms with Crippen LogP contribution in [0, 0.1) is 0 Å². The monoisotopic (exact) mass is 415 g/mol. The summed E-state index contributed by atoms with van der Waals surface area (Å²) >= 11 is 0. The first kappa shape index (κ1) is 23.3. The summed E-state index contributed by atoms with van der Waals surface area (Å²) in [6.07, 6.45) is 3.93. The lowest BCUT2D eigenvalue weighted by molar-refractivity contribution is 0.00578. The average Bonchev–Trinajstić information content (AvgIpc) is 3.29. The zero-order valence-corrected chi connectivity index (χ0v) is 19.8. The van der Waals surface area contributed by atoms with Gasteiger partial charge in [-0.25, -0.2) is 0 Å². The SMILES string of the molecule is CC1(C)OB(C2=NCC(N)=C2)OC1(C)C.CC1=CCN=C1B1OC(C)(C)C(C)(C)O1. The molecule has 0 aromatic heterocycles. The molecule has 4 rings (SSSR count). The van der Waals surface area contributed by atoms with Crippen LogP contribution in [0.3, 0.4) is 0 Å². The fraction of sp³-hybridized carbons (Fsp3) is 0.714. The minimum absolute atomic E-state index is 0.275. The van der Waals surface area contributed by atoms with Crippen LogP contribution in [0.25, 0.3) is 0 Å². The van der Waals surface area contributed by atoms with Gasteiger partial charge in [0.15, 0.2) is 0 Å². The van der Waals surface area contributed by atoms with Gasteiger partial charge in [0.1, 0.15) is 0 Å². The predicted molar refractivity (Wildman–Crippen MR) is 123 cm³/mol. The molecule has 0 radical (unpaired) electrons. The predicted octanol–water partition coefficient (Wildman–Crippen LogP) is 2.93. The van der Waals surface area contributed by atoms with E-state index in [4.69, 9.17) is 24.4 Å². The molecule has 0 aliphatic carbocycles. The average molecular weight is 415 g/mol. The lowest BCUT2D eigenvalue weighted by atomic mass is 9.78. The highest BCUT2D eigenvalue weighted by Gasteiger charge is 2.54. The van der Waals surface area contributed by atoms with E-state index in [-0.39, 0.29) is 36.6 Å². The number of aliphatic imine (C=N–C) groups is 2. The van der Waals surface area contributed by atoms with Gasteiger partial charge in [-0.05, 0) is 74.0 Å². The number of rotatable bonds is 2. The third kappa shape index (κ3) is 4.31. The normalized spacial score (nSPS) is 27.9. The number of nitrogens with zero attached hydrogens (tertiary/aromatic N) is 2. The van der Waals surface area contributed by atoms with Crippen LogP contribution in [0.5, 0.6) is 0 Å². The second-order valence-electron chi connectivity index (χ2n) is 10.2. The minimum Gasteiger partial charge on any atom is -0.400 e. The van der Waals surface area contributed by atoms with Gasteiger partial charge in [-0.2, -0.15) is 0 Å². The first-order chi connectivity index (χ1) is 13.7. The van der Waals surface area contributed by atoms with E-state index >= 15 is 0 Å². The van der Waals surface area contributed by atoms with Crippen LogP contribution in [0.2, 0.25) is 0 Å². The molecule has 4 aliphatic rings. The zero-order chi connectivity index (χ0) is 22.5. The summed E-state index contributed by atoms with van der Waals surface area (Å²) in [6, 6.07) is 0. The summed E-state index contributed by atoms with van der Waals surface area (Å²) in [5.74, 6) is 0. The van der Waals surface area contributed by atoms with E-state index in [0.29, 0.717) is 6.54 Å².